The molecule has 0 fully saturated rings. The monoisotopic (exact) mass is 313 g/mol. The third-order valence-electron chi connectivity index (χ3n) is 2.62. The van der Waals surface area contributed by atoms with Crippen LogP contribution in [0.15, 0.2) is 22.7 Å². The first-order valence-corrected chi connectivity index (χ1v) is 6.24. The number of benzene rings is 1. The van der Waals surface area contributed by atoms with Gasteiger partial charge >= 0.3 is 0 Å². The highest BCUT2D eigenvalue weighted by Gasteiger charge is 2.16. The van der Waals surface area contributed by atoms with Gasteiger partial charge in [-0.05, 0) is 30.0 Å². The summed E-state index contributed by atoms with van der Waals surface area (Å²) in [5, 5.41) is 15.0. The van der Waals surface area contributed by atoms with Gasteiger partial charge in [0.1, 0.15) is 5.82 Å². The molecule has 1 atom stereocenters. The second-order valence-electron chi connectivity index (χ2n) is 3.91. The van der Waals surface area contributed by atoms with Crippen LogP contribution in [0.1, 0.15) is 17.4 Å². The summed E-state index contributed by atoms with van der Waals surface area (Å²) in [6.45, 7) is 0. The van der Waals surface area contributed by atoms with Gasteiger partial charge in [-0.25, -0.2) is 4.39 Å². The van der Waals surface area contributed by atoms with Gasteiger partial charge in [0.25, 0.3) is 0 Å². The Bertz CT molecular complexity index is 542. The average Bonchev–Trinajstić information content (AvgIpc) is 2.72. The highest BCUT2D eigenvalue weighted by molar-refractivity contribution is 9.10. The summed E-state index contributed by atoms with van der Waals surface area (Å²) in [4.78, 5) is 1.42. The largest absolute Gasteiger partial charge is 0.313 e. The van der Waals surface area contributed by atoms with Crippen LogP contribution in [0, 0.1) is 5.82 Å². The van der Waals surface area contributed by atoms with Crippen molar-refractivity contribution >= 4 is 15.9 Å². The molecule has 0 bridgehead atoms. The Hall–Kier alpha value is -1.34. The van der Waals surface area contributed by atoms with Crippen molar-refractivity contribution in [3.05, 3.63) is 39.9 Å². The number of rotatable bonds is 4. The zero-order valence-corrected chi connectivity index (χ0v) is 11.6. The molecule has 0 amide bonds. The lowest BCUT2D eigenvalue weighted by molar-refractivity contribution is 0.564. The summed E-state index contributed by atoms with van der Waals surface area (Å²) in [7, 11) is 3.57. The van der Waals surface area contributed by atoms with Crippen molar-refractivity contribution in [2.75, 3.05) is 7.05 Å². The first-order chi connectivity index (χ1) is 8.60. The van der Waals surface area contributed by atoms with Gasteiger partial charge in [0.05, 0.1) is 7.05 Å². The topological polar surface area (TPSA) is 55.6 Å². The fourth-order valence-corrected chi connectivity index (χ4v) is 2.37. The number of aromatic nitrogens is 4. The average molecular weight is 314 g/mol. The maximum absolute atomic E-state index is 13.1. The highest BCUT2D eigenvalue weighted by atomic mass is 79.9. The fraction of sp³-hybridized carbons (Fsp3) is 0.364. The van der Waals surface area contributed by atoms with E-state index in [0.717, 1.165) is 10.0 Å². The normalized spacial score (nSPS) is 12.7. The van der Waals surface area contributed by atoms with Crippen LogP contribution < -0.4 is 5.32 Å². The minimum Gasteiger partial charge on any atom is -0.313 e. The molecule has 1 aromatic heterocycles. The zero-order chi connectivity index (χ0) is 13.1. The van der Waals surface area contributed by atoms with Gasteiger partial charge in [-0.3, -0.25) is 0 Å². The van der Waals surface area contributed by atoms with Gasteiger partial charge in [0.15, 0.2) is 5.82 Å². The molecule has 0 aliphatic heterocycles. The summed E-state index contributed by atoms with van der Waals surface area (Å²) >= 11 is 3.37. The lowest BCUT2D eigenvalue weighted by Gasteiger charge is -2.16. The van der Waals surface area contributed by atoms with E-state index in [1.807, 2.05) is 7.05 Å². The number of hydrogen-bond acceptors (Lipinski definition) is 4. The van der Waals surface area contributed by atoms with Crippen LogP contribution in [0.2, 0.25) is 0 Å². The van der Waals surface area contributed by atoms with Crippen molar-refractivity contribution in [2.45, 2.75) is 12.5 Å². The number of tetrazole rings is 1. The standard InChI is InChI=1S/C11H13BrFN5/c1-14-10(6-11-15-17-18(2)16-11)8-4-3-7(13)5-9(8)12/h3-5,10,14H,6H2,1-2H3. The molecule has 5 nitrogen and oxygen atoms in total. The molecular formula is C11H13BrFN5. The Morgan fingerprint density at radius 2 is 2.28 bits per heavy atom. The molecule has 1 N–H and O–H groups in total. The van der Waals surface area contributed by atoms with E-state index in [-0.39, 0.29) is 11.9 Å². The summed E-state index contributed by atoms with van der Waals surface area (Å²) < 4.78 is 13.8. The molecule has 2 aromatic rings. The summed E-state index contributed by atoms with van der Waals surface area (Å²) in [5.41, 5.74) is 0.964. The number of halogens is 2. The van der Waals surface area contributed by atoms with E-state index in [4.69, 9.17) is 0 Å². The smallest absolute Gasteiger partial charge is 0.176 e. The van der Waals surface area contributed by atoms with Crippen molar-refractivity contribution in [1.29, 1.82) is 0 Å². The first kappa shape index (κ1) is 13.1. The van der Waals surface area contributed by atoms with Crippen LogP contribution in [-0.2, 0) is 13.5 Å². The number of aryl methyl sites for hydroxylation is 1. The van der Waals surface area contributed by atoms with E-state index in [1.54, 1.807) is 13.1 Å². The molecular weight excluding hydrogens is 301 g/mol. The van der Waals surface area contributed by atoms with E-state index >= 15 is 0 Å². The van der Waals surface area contributed by atoms with E-state index in [9.17, 15) is 4.39 Å². The Balaban J connectivity index is 2.22. The molecule has 1 aromatic carbocycles. The third-order valence-corrected chi connectivity index (χ3v) is 3.31. The van der Waals surface area contributed by atoms with Crippen LogP contribution in [0.5, 0.6) is 0 Å². The van der Waals surface area contributed by atoms with Gasteiger partial charge in [-0.2, -0.15) is 4.80 Å². The molecule has 0 saturated carbocycles. The number of likely N-dealkylation sites (N-methyl/N-ethyl adjacent to an activating group) is 1. The molecule has 0 aliphatic rings. The molecule has 0 radical (unpaired) electrons. The molecule has 0 aliphatic carbocycles. The fourth-order valence-electron chi connectivity index (χ4n) is 1.74. The second-order valence-corrected chi connectivity index (χ2v) is 4.76. The van der Waals surface area contributed by atoms with E-state index in [1.165, 1.54) is 16.9 Å². The summed E-state index contributed by atoms with van der Waals surface area (Å²) in [5.74, 6) is 0.381. The minimum atomic E-state index is -0.266. The summed E-state index contributed by atoms with van der Waals surface area (Å²) in [6.07, 6.45) is 0.592. The zero-order valence-electron chi connectivity index (χ0n) is 10.1. The van der Waals surface area contributed by atoms with Gasteiger partial charge in [0, 0.05) is 16.9 Å². The van der Waals surface area contributed by atoms with Crippen molar-refractivity contribution in [3.63, 3.8) is 0 Å². The molecule has 7 heteroatoms. The Morgan fingerprint density at radius 1 is 1.50 bits per heavy atom. The quantitative estimate of drug-likeness (QED) is 0.932. The maximum Gasteiger partial charge on any atom is 0.176 e. The van der Waals surface area contributed by atoms with Crippen LogP contribution in [0.4, 0.5) is 4.39 Å². The van der Waals surface area contributed by atoms with Crippen LogP contribution >= 0.6 is 15.9 Å². The van der Waals surface area contributed by atoms with Gasteiger partial charge in [-0.1, -0.05) is 22.0 Å². The minimum absolute atomic E-state index is 0.00387. The molecule has 2 rings (SSSR count). The first-order valence-electron chi connectivity index (χ1n) is 5.45. The molecule has 0 spiro atoms. The number of hydrogen-bond donors (Lipinski definition) is 1. The lowest BCUT2D eigenvalue weighted by Crippen LogP contribution is -2.20. The second kappa shape index (κ2) is 5.53. The Kier molecular flexibility index (Phi) is 4.03. The molecule has 96 valence electrons. The molecule has 0 saturated heterocycles. The predicted molar refractivity (Wildman–Crippen MR) is 68.4 cm³/mol. The van der Waals surface area contributed by atoms with Gasteiger partial charge in [0.2, 0.25) is 0 Å². The number of nitrogens with zero attached hydrogens (tertiary/aromatic N) is 4. The SMILES string of the molecule is CNC(Cc1nnn(C)n1)c1ccc(F)cc1Br. The van der Waals surface area contributed by atoms with E-state index in [0.29, 0.717) is 12.2 Å². The van der Waals surface area contributed by atoms with Crippen molar-refractivity contribution < 1.29 is 4.39 Å². The number of nitrogens with one attached hydrogen (secondary N) is 1. The van der Waals surface area contributed by atoms with Crippen LogP contribution in [0.3, 0.4) is 0 Å². The van der Waals surface area contributed by atoms with Crippen molar-refractivity contribution in [3.8, 4) is 0 Å². The predicted octanol–water partition coefficient (Wildman–Crippen LogP) is 1.61. The third kappa shape index (κ3) is 2.91. The van der Waals surface area contributed by atoms with Crippen LogP contribution in [-0.4, -0.2) is 27.3 Å². The van der Waals surface area contributed by atoms with Gasteiger partial charge in [-0.15, -0.1) is 10.2 Å². The maximum atomic E-state index is 13.1. The van der Waals surface area contributed by atoms with Crippen molar-refractivity contribution in [1.82, 2.24) is 25.5 Å². The molecule has 18 heavy (non-hydrogen) atoms. The van der Waals surface area contributed by atoms with Gasteiger partial charge < -0.3 is 5.32 Å². The highest BCUT2D eigenvalue weighted by Crippen LogP contribution is 2.25. The van der Waals surface area contributed by atoms with E-state index < -0.39 is 0 Å². The Morgan fingerprint density at radius 3 is 2.83 bits per heavy atom. The van der Waals surface area contributed by atoms with Crippen molar-refractivity contribution in [2.24, 2.45) is 7.05 Å². The molecule has 1 heterocycles. The van der Waals surface area contributed by atoms with E-state index in [2.05, 4.69) is 36.7 Å². The lowest BCUT2D eigenvalue weighted by atomic mass is 10.0. The molecule has 1 unspecified atom stereocenters. The van der Waals surface area contributed by atoms with Crippen LogP contribution in [0.25, 0.3) is 0 Å². The summed E-state index contributed by atoms with van der Waals surface area (Å²) in [6, 6.07) is 4.64. The Labute approximate surface area is 113 Å².